The Labute approximate surface area is 112 Å². The molecule has 0 aromatic heterocycles. The van der Waals surface area contributed by atoms with Gasteiger partial charge in [0.1, 0.15) is 12.4 Å². The maximum Gasteiger partial charge on any atom is 0.118 e. The smallest absolute Gasteiger partial charge is 0.118 e. The summed E-state index contributed by atoms with van der Waals surface area (Å²) in [7, 11) is 1.66. The van der Waals surface area contributed by atoms with Gasteiger partial charge >= 0.3 is 0 Å². The van der Waals surface area contributed by atoms with Gasteiger partial charge in [-0.3, -0.25) is 5.21 Å². The van der Waals surface area contributed by atoms with Gasteiger partial charge in [0.15, 0.2) is 0 Å². The highest BCUT2D eigenvalue weighted by atomic mass is 16.5. The van der Waals surface area contributed by atoms with E-state index in [1.165, 1.54) is 10.6 Å². The van der Waals surface area contributed by atoms with E-state index < -0.39 is 0 Å². The van der Waals surface area contributed by atoms with Crippen LogP contribution in [0.15, 0.2) is 48.5 Å². The Balaban J connectivity index is 1.81. The molecule has 0 saturated carbocycles. The molecule has 1 aliphatic rings. The van der Waals surface area contributed by atoms with Crippen LogP contribution in [0, 0.1) is 0 Å². The zero-order valence-corrected chi connectivity index (χ0v) is 10.8. The standard InChI is InChI=1S/C15H16N2O2/c1-19-13-8-6-12(7-9-13)10-16-11-17(18)15-5-3-2-4-14(15)16/h2-9,18H,10-11H2,1H3. The lowest BCUT2D eigenvalue weighted by Crippen LogP contribution is -2.27. The Morgan fingerprint density at radius 1 is 1.05 bits per heavy atom. The number of anilines is 2. The van der Waals surface area contributed by atoms with Gasteiger partial charge in [-0.2, -0.15) is 0 Å². The highest BCUT2D eigenvalue weighted by Gasteiger charge is 2.23. The molecule has 4 heteroatoms. The lowest BCUT2D eigenvalue weighted by Gasteiger charge is -2.18. The molecule has 19 heavy (non-hydrogen) atoms. The molecule has 0 atom stereocenters. The van der Waals surface area contributed by atoms with Gasteiger partial charge in [0.2, 0.25) is 0 Å². The average molecular weight is 256 g/mol. The monoisotopic (exact) mass is 256 g/mol. The van der Waals surface area contributed by atoms with Crippen molar-refractivity contribution in [3.05, 3.63) is 54.1 Å². The minimum Gasteiger partial charge on any atom is -0.497 e. The third-order valence-corrected chi connectivity index (χ3v) is 3.34. The van der Waals surface area contributed by atoms with Crippen molar-refractivity contribution in [3.63, 3.8) is 0 Å². The summed E-state index contributed by atoms with van der Waals surface area (Å²) in [5.74, 6) is 0.856. The zero-order chi connectivity index (χ0) is 13.2. The van der Waals surface area contributed by atoms with Crippen LogP contribution in [0.3, 0.4) is 0 Å². The summed E-state index contributed by atoms with van der Waals surface area (Å²) < 4.78 is 5.15. The van der Waals surface area contributed by atoms with Crippen LogP contribution in [0.1, 0.15) is 5.56 Å². The van der Waals surface area contributed by atoms with Crippen LogP contribution in [0.25, 0.3) is 0 Å². The van der Waals surface area contributed by atoms with Gasteiger partial charge in [-0.15, -0.1) is 0 Å². The van der Waals surface area contributed by atoms with Crippen molar-refractivity contribution >= 4 is 11.4 Å². The second kappa shape index (κ2) is 4.82. The number of nitrogens with zero attached hydrogens (tertiary/aromatic N) is 2. The van der Waals surface area contributed by atoms with Crippen LogP contribution in [0.4, 0.5) is 11.4 Å². The fraction of sp³-hybridized carbons (Fsp3) is 0.200. The summed E-state index contributed by atoms with van der Waals surface area (Å²) in [4.78, 5) is 2.14. The second-order valence-corrected chi connectivity index (χ2v) is 4.58. The van der Waals surface area contributed by atoms with Gasteiger partial charge in [0.25, 0.3) is 0 Å². The van der Waals surface area contributed by atoms with E-state index in [1.54, 1.807) is 7.11 Å². The first-order valence-electron chi connectivity index (χ1n) is 6.21. The second-order valence-electron chi connectivity index (χ2n) is 4.58. The summed E-state index contributed by atoms with van der Waals surface area (Å²) in [6.45, 7) is 1.25. The van der Waals surface area contributed by atoms with E-state index in [0.717, 1.165) is 23.7 Å². The van der Waals surface area contributed by atoms with Gasteiger partial charge in [-0.1, -0.05) is 24.3 Å². The first-order valence-corrected chi connectivity index (χ1v) is 6.21. The van der Waals surface area contributed by atoms with Crippen molar-refractivity contribution in [1.82, 2.24) is 0 Å². The Morgan fingerprint density at radius 2 is 1.74 bits per heavy atom. The number of ether oxygens (including phenoxy) is 1. The van der Waals surface area contributed by atoms with Crippen LogP contribution in [0.5, 0.6) is 5.75 Å². The van der Waals surface area contributed by atoms with Gasteiger partial charge in [0.05, 0.1) is 18.5 Å². The van der Waals surface area contributed by atoms with E-state index in [2.05, 4.69) is 4.90 Å². The predicted octanol–water partition coefficient (Wildman–Crippen LogP) is 2.87. The van der Waals surface area contributed by atoms with E-state index in [1.807, 2.05) is 48.5 Å². The first-order chi connectivity index (χ1) is 9.28. The highest BCUT2D eigenvalue weighted by Crippen LogP contribution is 2.35. The molecule has 0 unspecified atom stereocenters. The SMILES string of the molecule is COc1ccc(CN2CN(O)c3ccccc32)cc1. The number of benzene rings is 2. The number of hydrogen-bond donors (Lipinski definition) is 1. The number of para-hydroxylation sites is 2. The molecule has 1 N–H and O–H groups in total. The molecule has 98 valence electrons. The molecule has 0 radical (unpaired) electrons. The van der Waals surface area contributed by atoms with E-state index in [0.29, 0.717) is 6.67 Å². The molecule has 0 saturated heterocycles. The average Bonchev–Trinajstić information content (AvgIpc) is 2.77. The molecule has 3 rings (SSSR count). The molecule has 2 aromatic carbocycles. The lowest BCUT2D eigenvalue weighted by atomic mass is 10.2. The number of hydroxylamine groups is 1. The van der Waals surface area contributed by atoms with Crippen molar-refractivity contribution in [3.8, 4) is 5.75 Å². The maximum absolute atomic E-state index is 9.88. The number of rotatable bonds is 3. The van der Waals surface area contributed by atoms with E-state index in [-0.39, 0.29) is 0 Å². The Kier molecular flexibility index (Phi) is 3.01. The predicted molar refractivity (Wildman–Crippen MR) is 74.8 cm³/mol. The number of hydrogen-bond acceptors (Lipinski definition) is 4. The van der Waals surface area contributed by atoms with Gasteiger partial charge in [-0.25, -0.2) is 5.06 Å². The fourth-order valence-electron chi connectivity index (χ4n) is 2.35. The number of fused-ring (bicyclic) bond motifs is 1. The molecule has 1 heterocycles. The van der Waals surface area contributed by atoms with Crippen molar-refractivity contribution < 1.29 is 9.94 Å². The summed E-state index contributed by atoms with van der Waals surface area (Å²) in [5.41, 5.74) is 3.10. The molecule has 2 aromatic rings. The van der Waals surface area contributed by atoms with Crippen LogP contribution in [-0.2, 0) is 6.54 Å². The summed E-state index contributed by atoms with van der Waals surface area (Å²) in [6, 6.07) is 15.8. The minimum absolute atomic E-state index is 0.491. The fourth-order valence-corrected chi connectivity index (χ4v) is 2.35. The third-order valence-electron chi connectivity index (χ3n) is 3.34. The van der Waals surface area contributed by atoms with Crippen LogP contribution in [0.2, 0.25) is 0 Å². The Morgan fingerprint density at radius 3 is 2.42 bits per heavy atom. The molecule has 0 bridgehead atoms. The van der Waals surface area contributed by atoms with E-state index in [9.17, 15) is 5.21 Å². The Bertz CT molecular complexity index is 569. The normalized spacial score (nSPS) is 13.6. The topological polar surface area (TPSA) is 35.9 Å². The summed E-state index contributed by atoms with van der Waals surface area (Å²) in [6.07, 6.45) is 0. The van der Waals surface area contributed by atoms with E-state index in [4.69, 9.17) is 4.74 Å². The minimum atomic E-state index is 0.491. The van der Waals surface area contributed by atoms with Gasteiger partial charge < -0.3 is 9.64 Å². The number of methoxy groups -OCH3 is 1. The zero-order valence-electron chi connectivity index (χ0n) is 10.8. The van der Waals surface area contributed by atoms with E-state index >= 15 is 0 Å². The summed E-state index contributed by atoms with van der Waals surface area (Å²) in [5, 5.41) is 11.2. The van der Waals surface area contributed by atoms with Gasteiger partial charge in [-0.05, 0) is 29.8 Å². The molecule has 4 nitrogen and oxygen atoms in total. The first kappa shape index (κ1) is 11.9. The maximum atomic E-state index is 9.88. The van der Waals surface area contributed by atoms with Crippen molar-refractivity contribution in [2.75, 3.05) is 23.7 Å². The molecule has 1 aliphatic heterocycles. The Hall–Kier alpha value is -2.20. The molecular formula is C15H16N2O2. The molecule has 0 spiro atoms. The van der Waals surface area contributed by atoms with Gasteiger partial charge in [0, 0.05) is 6.54 Å². The highest BCUT2D eigenvalue weighted by molar-refractivity contribution is 5.74. The van der Waals surface area contributed by atoms with Crippen LogP contribution in [-0.4, -0.2) is 19.0 Å². The molecule has 0 amide bonds. The van der Waals surface area contributed by atoms with Crippen LogP contribution < -0.4 is 14.7 Å². The lowest BCUT2D eigenvalue weighted by molar-refractivity contribution is 0.262. The van der Waals surface area contributed by atoms with Crippen LogP contribution >= 0.6 is 0 Å². The van der Waals surface area contributed by atoms with Crippen molar-refractivity contribution in [2.45, 2.75) is 6.54 Å². The van der Waals surface area contributed by atoms with Crippen molar-refractivity contribution in [1.29, 1.82) is 0 Å². The largest absolute Gasteiger partial charge is 0.497 e. The summed E-state index contributed by atoms with van der Waals surface area (Å²) >= 11 is 0. The third kappa shape index (κ3) is 2.22. The molecule has 0 fully saturated rings. The molecule has 0 aliphatic carbocycles. The van der Waals surface area contributed by atoms with Crippen molar-refractivity contribution in [2.24, 2.45) is 0 Å². The quantitative estimate of drug-likeness (QED) is 0.916. The molecular weight excluding hydrogens is 240 g/mol.